The number of carbonyl (C=O) groups excluding carboxylic acids is 1. The van der Waals surface area contributed by atoms with Crippen LogP contribution in [0.2, 0.25) is 0 Å². The van der Waals surface area contributed by atoms with Crippen LogP contribution < -0.4 is 0 Å². The average molecular weight is 227 g/mol. The smallest absolute Gasteiger partial charge is 0.410 e. The predicted octanol–water partition coefficient (Wildman–Crippen LogP) is 3.43. The van der Waals surface area contributed by atoms with Crippen LogP contribution in [-0.4, -0.2) is 29.7 Å². The van der Waals surface area contributed by atoms with Gasteiger partial charge in [0, 0.05) is 13.1 Å². The molecular formula is C13H25NO2. The molecule has 0 aromatic rings. The van der Waals surface area contributed by atoms with E-state index in [-0.39, 0.29) is 11.7 Å². The lowest BCUT2D eigenvalue weighted by Gasteiger charge is -2.24. The molecule has 3 nitrogen and oxygen atoms in total. The Balaban J connectivity index is 2.32. The standard InChI is InChI=1S/C13H25NO2/c1-5-6-7-11-8-9-14(10-11)12(15)16-13(2,3)4/h11H,5-10H2,1-4H3/t11-/m0/s1. The minimum absolute atomic E-state index is 0.147. The van der Waals surface area contributed by atoms with Gasteiger partial charge in [0.15, 0.2) is 0 Å². The molecule has 1 amide bonds. The van der Waals surface area contributed by atoms with Crippen molar-refractivity contribution < 1.29 is 9.53 Å². The van der Waals surface area contributed by atoms with E-state index in [1.807, 2.05) is 25.7 Å². The highest BCUT2D eigenvalue weighted by atomic mass is 16.6. The second-order valence-corrected chi connectivity index (χ2v) is 5.72. The fourth-order valence-corrected chi connectivity index (χ4v) is 2.05. The Morgan fingerprint density at radius 3 is 2.69 bits per heavy atom. The van der Waals surface area contributed by atoms with Gasteiger partial charge in [0.25, 0.3) is 0 Å². The zero-order chi connectivity index (χ0) is 12.2. The van der Waals surface area contributed by atoms with Crippen LogP contribution in [0, 0.1) is 5.92 Å². The summed E-state index contributed by atoms with van der Waals surface area (Å²) >= 11 is 0. The zero-order valence-corrected chi connectivity index (χ0v) is 11.1. The fraction of sp³-hybridized carbons (Fsp3) is 0.923. The zero-order valence-electron chi connectivity index (χ0n) is 11.1. The Morgan fingerprint density at radius 2 is 2.12 bits per heavy atom. The highest BCUT2D eigenvalue weighted by molar-refractivity contribution is 5.68. The molecule has 0 bridgehead atoms. The van der Waals surface area contributed by atoms with Crippen LogP contribution in [0.25, 0.3) is 0 Å². The van der Waals surface area contributed by atoms with E-state index >= 15 is 0 Å². The molecule has 1 atom stereocenters. The highest BCUT2D eigenvalue weighted by Crippen LogP contribution is 2.23. The van der Waals surface area contributed by atoms with Gasteiger partial charge in [0.1, 0.15) is 5.60 Å². The molecule has 0 aliphatic carbocycles. The number of ether oxygens (including phenoxy) is 1. The van der Waals surface area contributed by atoms with Gasteiger partial charge in [-0.15, -0.1) is 0 Å². The van der Waals surface area contributed by atoms with E-state index in [0.717, 1.165) is 19.5 Å². The third kappa shape index (κ3) is 4.42. The first kappa shape index (κ1) is 13.3. The second-order valence-electron chi connectivity index (χ2n) is 5.72. The van der Waals surface area contributed by atoms with Gasteiger partial charge in [0.2, 0.25) is 0 Å². The van der Waals surface area contributed by atoms with E-state index in [1.165, 1.54) is 19.3 Å². The molecule has 1 saturated heterocycles. The lowest BCUT2D eigenvalue weighted by molar-refractivity contribution is 0.0287. The summed E-state index contributed by atoms with van der Waals surface area (Å²) in [5, 5.41) is 0. The first-order valence-electron chi connectivity index (χ1n) is 6.40. The fourth-order valence-electron chi connectivity index (χ4n) is 2.05. The van der Waals surface area contributed by atoms with Gasteiger partial charge in [-0.3, -0.25) is 0 Å². The second kappa shape index (κ2) is 5.55. The normalized spacial score (nSPS) is 21.2. The first-order valence-corrected chi connectivity index (χ1v) is 6.40. The largest absolute Gasteiger partial charge is 0.444 e. The number of carbonyl (C=O) groups is 1. The summed E-state index contributed by atoms with van der Waals surface area (Å²) in [5.74, 6) is 0.687. The first-order chi connectivity index (χ1) is 7.42. The molecule has 1 fully saturated rings. The van der Waals surface area contributed by atoms with Crippen molar-refractivity contribution in [3.63, 3.8) is 0 Å². The molecule has 0 saturated carbocycles. The van der Waals surface area contributed by atoms with E-state index in [9.17, 15) is 4.79 Å². The van der Waals surface area contributed by atoms with E-state index in [2.05, 4.69) is 6.92 Å². The summed E-state index contributed by atoms with van der Waals surface area (Å²) in [4.78, 5) is 13.6. The van der Waals surface area contributed by atoms with Crippen LogP contribution in [0.5, 0.6) is 0 Å². The number of amides is 1. The van der Waals surface area contributed by atoms with Crippen LogP contribution in [0.3, 0.4) is 0 Å². The third-order valence-electron chi connectivity index (χ3n) is 2.90. The molecule has 0 spiro atoms. The number of hydrogen-bond donors (Lipinski definition) is 0. The number of hydrogen-bond acceptors (Lipinski definition) is 2. The summed E-state index contributed by atoms with van der Waals surface area (Å²) in [7, 11) is 0. The Morgan fingerprint density at radius 1 is 1.44 bits per heavy atom. The molecule has 0 radical (unpaired) electrons. The molecule has 1 aliphatic heterocycles. The highest BCUT2D eigenvalue weighted by Gasteiger charge is 2.29. The molecule has 1 heterocycles. The number of rotatable bonds is 3. The average Bonchev–Trinajstić information content (AvgIpc) is 2.60. The Bertz CT molecular complexity index is 233. The molecule has 1 rings (SSSR count). The molecule has 1 aliphatic rings. The van der Waals surface area contributed by atoms with Crippen LogP contribution >= 0.6 is 0 Å². The Labute approximate surface area is 99.1 Å². The minimum Gasteiger partial charge on any atom is -0.444 e. The quantitative estimate of drug-likeness (QED) is 0.739. The van der Waals surface area contributed by atoms with Gasteiger partial charge in [-0.05, 0) is 39.5 Å². The molecule has 16 heavy (non-hydrogen) atoms. The maximum atomic E-state index is 11.8. The molecule has 0 unspecified atom stereocenters. The molecular weight excluding hydrogens is 202 g/mol. The van der Waals surface area contributed by atoms with E-state index in [4.69, 9.17) is 4.74 Å². The van der Waals surface area contributed by atoms with E-state index in [1.54, 1.807) is 0 Å². The van der Waals surface area contributed by atoms with Crippen molar-refractivity contribution in [3.05, 3.63) is 0 Å². The maximum Gasteiger partial charge on any atom is 0.410 e. The van der Waals surface area contributed by atoms with Crippen molar-refractivity contribution in [2.24, 2.45) is 5.92 Å². The van der Waals surface area contributed by atoms with Crippen LogP contribution in [-0.2, 0) is 4.74 Å². The SMILES string of the molecule is CCCC[C@H]1CCN(C(=O)OC(C)(C)C)C1. The molecule has 3 heteroatoms. The van der Waals surface area contributed by atoms with Crippen molar-refractivity contribution in [1.82, 2.24) is 4.90 Å². The summed E-state index contributed by atoms with van der Waals surface area (Å²) in [6, 6.07) is 0. The van der Waals surface area contributed by atoms with E-state index < -0.39 is 0 Å². The molecule has 0 N–H and O–H groups in total. The van der Waals surface area contributed by atoms with Gasteiger partial charge >= 0.3 is 6.09 Å². The number of nitrogens with zero attached hydrogens (tertiary/aromatic N) is 1. The van der Waals surface area contributed by atoms with Gasteiger partial charge in [-0.1, -0.05) is 19.8 Å². The van der Waals surface area contributed by atoms with Crippen molar-refractivity contribution >= 4 is 6.09 Å². The van der Waals surface area contributed by atoms with Gasteiger partial charge in [-0.2, -0.15) is 0 Å². The van der Waals surface area contributed by atoms with Crippen molar-refractivity contribution in [2.75, 3.05) is 13.1 Å². The predicted molar refractivity (Wildman–Crippen MR) is 65.4 cm³/mol. The van der Waals surface area contributed by atoms with Crippen LogP contribution in [0.4, 0.5) is 4.79 Å². The topological polar surface area (TPSA) is 29.5 Å². The summed E-state index contributed by atoms with van der Waals surface area (Å²) in [6.45, 7) is 9.69. The monoisotopic (exact) mass is 227 g/mol. The van der Waals surface area contributed by atoms with Gasteiger partial charge in [0.05, 0.1) is 0 Å². The third-order valence-corrected chi connectivity index (χ3v) is 2.90. The summed E-state index contributed by atoms with van der Waals surface area (Å²) in [6.07, 6.45) is 4.75. The molecule has 0 aromatic carbocycles. The van der Waals surface area contributed by atoms with Crippen LogP contribution in [0.15, 0.2) is 0 Å². The van der Waals surface area contributed by atoms with Crippen LogP contribution in [0.1, 0.15) is 53.4 Å². The number of likely N-dealkylation sites (tertiary alicyclic amines) is 1. The van der Waals surface area contributed by atoms with Crippen molar-refractivity contribution in [2.45, 2.75) is 59.0 Å². The van der Waals surface area contributed by atoms with Crippen molar-refractivity contribution in [1.29, 1.82) is 0 Å². The van der Waals surface area contributed by atoms with Gasteiger partial charge in [-0.25, -0.2) is 4.79 Å². The number of unbranched alkanes of at least 4 members (excludes halogenated alkanes) is 1. The lowest BCUT2D eigenvalue weighted by atomic mass is 10.0. The Hall–Kier alpha value is -0.730. The maximum absolute atomic E-state index is 11.8. The van der Waals surface area contributed by atoms with E-state index in [0.29, 0.717) is 5.92 Å². The van der Waals surface area contributed by atoms with Gasteiger partial charge < -0.3 is 9.64 Å². The van der Waals surface area contributed by atoms with Crippen molar-refractivity contribution in [3.8, 4) is 0 Å². The summed E-state index contributed by atoms with van der Waals surface area (Å²) < 4.78 is 5.36. The lowest BCUT2D eigenvalue weighted by Crippen LogP contribution is -2.35. The molecule has 0 aromatic heterocycles. The summed E-state index contributed by atoms with van der Waals surface area (Å²) in [5.41, 5.74) is -0.376. The minimum atomic E-state index is -0.376. The Kier molecular flexibility index (Phi) is 4.63. The molecule has 94 valence electrons.